The van der Waals surface area contributed by atoms with E-state index >= 15 is 0 Å². The molecule has 1 fully saturated rings. The molecule has 0 unspecified atom stereocenters. The fourth-order valence-electron chi connectivity index (χ4n) is 3.01. The summed E-state index contributed by atoms with van der Waals surface area (Å²) in [7, 11) is 0. The van der Waals surface area contributed by atoms with Crippen molar-refractivity contribution in [3.05, 3.63) is 46.9 Å². The number of nitrogens with zero attached hydrogens (tertiary/aromatic N) is 2. The Morgan fingerprint density at radius 2 is 1.88 bits per heavy atom. The molecule has 1 aliphatic rings. The van der Waals surface area contributed by atoms with Crippen molar-refractivity contribution in [2.45, 2.75) is 51.5 Å². The zero-order valence-electron chi connectivity index (χ0n) is 14.4. The fourth-order valence-corrected chi connectivity index (χ4v) is 3.19. The Hall–Kier alpha value is -2.14. The molecule has 2 N–H and O–H groups in total. The number of aromatic nitrogens is 2. The topological polar surface area (TPSA) is 66.9 Å². The van der Waals surface area contributed by atoms with Crippen molar-refractivity contribution in [2.24, 2.45) is 0 Å². The highest BCUT2D eigenvalue weighted by atomic mass is 35.5. The fraction of sp³-hybridized carbons (Fsp3) is 0.421. The molecule has 1 saturated carbocycles. The molecule has 0 aliphatic heterocycles. The number of nitrogens with one attached hydrogen (secondary N) is 2. The molecule has 1 amide bonds. The minimum Gasteiger partial charge on any atom is -0.348 e. The molecule has 5 nitrogen and oxygen atoms in total. The normalized spacial score (nSPS) is 15.4. The Kier molecular flexibility index (Phi) is 5.87. The summed E-state index contributed by atoms with van der Waals surface area (Å²) in [5, 5.41) is 6.91. The lowest BCUT2D eigenvalue weighted by molar-refractivity contribution is 0.0928. The Bertz CT molecular complexity index is 725. The van der Waals surface area contributed by atoms with Gasteiger partial charge in [-0.2, -0.15) is 0 Å². The number of hydrogen-bond acceptors (Lipinski definition) is 4. The van der Waals surface area contributed by atoms with Crippen LogP contribution in [0, 0.1) is 6.92 Å². The molecule has 0 saturated heterocycles. The van der Waals surface area contributed by atoms with E-state index < -0.39 is 0 Å². The van der Waals surface area contributed by atoms with E-state index in [-0.39, 0.29) is 11.9 Å². The van der Waals surface area contributed by atoms with E-state index in [0.717, 1.165) is 24.1 Å². The van der Waals surface area contributed by atoms with Gasteiger partial charge >= 0.3 is 0 Å². The average Bonchev–Trinajstić information content (AvgIpc) is 2.87. The Morgan fingerprint density at radius 3 is 2.52 bits per heavy atom. The van der Waals surface area contributed by atoms with Crippen molar-refractivity contribution in [1.29, 1.82) is 0 Å². The number of rotatable bonds is 4. The second kappa shape index (κ2) is 8.30. The van der Waals surface area contributed by atoms with Crippen LogP contribution in [0.4, 0.5) is 11.5 Å². The third-order valence-corrected chi connectivity index (χ3v) is 4.93. The van der Waals surface area contributed by atoms with Crippen LogP contribution in [0.15, 0.2) is 30.6 Å². The number of halogens is 1. The first kappa shape index (κ1) is 17.7. The van der Waals surface area contributed by atoms with Crippen molar-refractivity contribution in [3.63, 3.8) is 0 Å². The van der Waals surface area contributed by atoms with Crippen molar-refractivity contribution < 1.29 is 4.79 Å². The van der Waals surface area contributed by atoms with Crippen molar-refractivity contribution in [2.75, 3.05) is 5.32 Å². The van der Waals surface area contributed by atoms with Gasteiger partial charge in [-0.25, -0.2) is 9.97 Å². The number of carbonyl (C=O) groups is 1. The van der Waals surface area contributed by atoms with Gasteiger partial charge in [0.2, 0.25) is 0 Å². The Balaban J connectivity index is 1.60. The molecular weight excluding hydrogens is 336 g/mol. The summed E-state index contributed by atoms with van der Waals surface area (Å²) in [5.74, 6) is 0.426. The van der Waals surface area contributed by atoms with Gasteiger partial charge in [-0.3, -0.25) is 4.79 Å². The molecule has 1 aromatic heterocycles. The minimum absolute atomic E-state index is 0.149. The highest BCUT2D eigenvalue weighted by Crippen LogP contribution is 2.22. The lowest BCUT2D eigenvalue weighted by atomic mass is 10.1. The van der Waals surface area contributed by atoms with E-state index in [0.29, 0.717) is 16.5 Å². The van der Waals surface area contributed by atoms with E-state index in [2.05, 4.69) is 20.6 Å². The van der Waals surface area contributed by atoms with E-state index in [1.54, 1.807) is 6.20 Å². The molecule has 0 bridgehead atoms. The summed E-state index contributed by atoms with van der Waals surface area (Å²) in [6.07, 6.45) is 10.0. The maximum absolute atomic E-state index is 12.3. The molecular formula is C19H23ClN4O. The predicted molar refractivity (Wildman–Crippen MR) is 100 cm³/mol. The minimum atomic E-state index is -0.149. The number of hydrogen-bond donors (Lipinski definition) is 2. The number of anilines is 2. The van der Waals surface area contributed by atoms with Gasteiger partial charge in [0, 0.05) is 16.8 Å². The monoisotopic (exact) mass is 358 g/mol. The number of aryl methyl sites for hydroxylation is 1. The highest BCUT2D eigenvalue weighted by Gasteiger charge is 2.16. The van der Waals surface area contributed by atoms with Gasteiger partial charge < -0.3 is 10.6 Å². The van der Waals surface area contributed by atoms with E-state index in [1.165, 1.54) is 31.9 Å². The molecule has 2 aromatic rings. The van der Waals surface area contributed by atoms with Gasteiger partial charge in [0.1, 0.15) is 11.5 Å². The quantitative estimate of drug-likeness (QED) is 0.781. The van der Waals surface area contributed by atoms with Crippen LogP contribution in [0.2, 0.25) is 5.02 Å². The summed E-state index contributed by atoms with van der Waals surface area (Å²) in [6.45, 7) is 1.95. The molecule has 0 atom stereocenters. The van der Waals surface area contributed by atoms with Crippen LogP contribution in [0.3, 0.4) is 0 Å². The molecule has 0 radical (unpaired) electrons. The van der Waals surface area contributed by atoms with E-state index in [1.807, 2.05) is 25.1 Å². The van der Waals surface area contributed by atoms with Gasteiger partial charge in [-0.15, -0.1) is 0 Å². The zero-order valence-corrected chi connectivity index (χ0v) is 15.1. The van der Waals surface area contributed by atoms with Crippen molar-refractivity contribution in [3.8, 4) is 0 Å². The molecule has 1 heterocycles. The second-order valence-corrected chi connectivity index (χ2v) is 6.94. The second-order valence-electron chi connectivity index (χ2n) is 6.54. The Morgan fingerprint density at radius 1 is 1.12 bits per heavy atom. The third kappa shape index (κ3) is 4.92. The molecule has 1 aromatic carbocycles. The molecule has 25 heavy (non-hydrogen) atoms. The van der Waals surface area contributed by atoms with Gasteiger partial charge in [-0.1, -0.05) is 43.4 Å². The maximum atomic E-state index is 12.3. The van der Waals surface area contributed by atoms with Gasteiger partial charge in [-0.05, 0) is 37.5 Å². The summed E-state index contributed by atoms with van der Waals surface area (Å²) in [5.41, 5.74) is 2.20. The smallest absolute Gasteiger partial charge is 0.271 e. The summed E-state index contributed by atoms with van der Waals surface area (Å²) in [6, 6.07) is 5.96. The standard InChI is InChI=1S/C19H23ClN4O/c1-13-8-9-15(10-16(13)20)23-18-12-21-17(11-22-18)19(25)24-14-6-4-2-3-5-7-14/h8-12,14H,2-7H2,1H3,(H,22,23)(H,24,25). The highest BCUT2D eigenvalue weighted by molar-refractivity contribution is 6.31. The van der Waals surface area contributed by atoms with Crippen LogP contribution < -0.4 is 10.6 Å². The number of carbonyl (C=O) groups excluding carboxylic acids is 1. The average molecular weight is 359 g/mol. The first-order valence-corrected chi connectivity index (χ1v) is 9.16. The SMILES string of the molecule is Cc1ccc(Nc2cnc(C(=O)NC3CCCCCC3)cn2)cc1Cl. The van der Waals surface area contributed by atoms with Gasteiger partial charge in [0.05, 0.1) is 12.4 Å². The third-order valence-electron chi connectivity index (χ3n) is 4.52. The summed E-state index contributed by atoms with van der Waals surface area (Å²) < 4.78 is 0. The van der Waals surface area contributed by atoms with Crippen LogP contribution in [0.1, 0.15) is 54.6 Å². The molecule has 1 aliphatic carbocycles. The zero-order chi connectivity index (χ0) is 17.6. The first-order chi connectivity index (χ1) is 12.1. The van der Waals surface area contributed by atoms with E-state index in [9.17, 15) is 4.79 Å². The lowest BCUT2D eigenvalue weighted by Gasteiger charge is -2.15. The van der Waals surface area contributed by atoms with Crippen molar-refractivity contribution in [1.82, 2.24) is 15.3 Å². The Labute approximate surface area is 153 Å². The number of benzene rings is 1. The lowest BCUT2D eigenvalue weighted by Crippen LogP contribution is -2.34. The summed E-state index contributed by atoms with van der Waals surface area (Å²) in [4.78, 5) is 20.8. The van der Waals surface area contributed by atoms with E-state index in [4.69, 9.17) is 11.6 Å². The van der Waals surface area contributed by atoms with Crippen molar-refractivity contribution >= 4 is 29.0 Å². The van der Waals surface area contributed by atoms with Crippen LogP contribution in [0.5, 0.6) is 0 Å². The van der Waals surface area contributed by atoms with Crippen LogP contribution >= 0.6 is 11.6 Å². The van der Waals surface area contributed by atoms with Crippen LogP contribution in [-0.2, 0) is 0 Å². The molecule has 132 valence electrons. The summed E-state index contributed by atoms with van der Waals surface area (Å²) >= 11 is 6.12. The van der Waals surface area contributed by atoms with Gasteiger partial charge in [0.15, 0.2) is 0 Å². The van der Waals surface area contributed by atoms with Crippen LogP contribution in [0.25, 0.3) is 0 Å². The maximum Gasteiger partial charge on any atom is 0.271 e. The largest absolute Gasteiger partial charge is 0.348 e. The number of amides is 1. The predicted octanol–water partition coefficient (Wildman–Crippen LogP) is 4.63. The first-order valence-electron chi connectivity index (χ1n) is 8.78. The molecule has 6 heteroatoms. The molecule has 3 rings (SSSR count). The van der Waals surface area contributed by atoms with Gasteiger partial charge in [0.25, 0.3) is 5.91 Å². The molecule has 0 spiro atoms. The van der Waals surface area contributed by atoms with Crippen LogP contribution in [-0.4, -0.2) is 21.9 Å².